The molecular weight excluding hydrogens is 282 g/mol. The molecule has 20 heavy (non-hydrogen) atoms. The molecule has 1 rings (SSSR count). The van der Waals surface area contributed by atoms with Gasteiger partial charge in [0.05, 0.1) is 5.69 Å². The maximum Gasteiger partial charge on any atom is 0.326 e. The first kappa shape index (κ1) is 16.2. The van der Waals surface area contributed by atoms with Gasteiger partial charge in [0.2, 0.25) is 0 Å². The minimum absolute atomic E-state index is 0.0899. The Morgan fingerprint density at radius 3 is 2.65 bits per heavy atom. The average Bonchev–Trinajstić information content (AvgIpc) is 2.39. The minimum Gasteiger partial charge on any atom is -0.480 e. The van der Waals surface area contributed by atoms with Crippen molar-refractivity contribution in [1.82, 2.24) is 15.5 Å². The van der Waals surface area contributed by atoms with Crippen molar-refractivity contribution < 1.29 is 14.7 Å². The van der Waals surface area contributed by atoms with Gasteiger partial charge in [-0.25, -0.2) is 9.89 Å². The minimum atomic E-state index is -1.12. The molecule has 0 aromatic carbocycles. The van der Waals surface area contributed by atoms with Crippen LogP contribution < -0.4 is 10.9 Å². The fourth-order valence-corrected chi connectivity index (χ4v) is 2.09. The number of carboxylic acid groups (broad SMARTS) is 1. The van der Waals surface area contributed by atoms with Crippen LogP contribution in [0.5, 0.6) is 0 Å². The molecule has 7 nitrogen and oxygen atoms in total. The van der Waals surface area contributed by atoms with Gasteiger partial charge in [-0.15, -0.1) is 0 Å². The highest BCUT2D eigenvalue weighted by atomic mass is 32.2. The monoisotopic (exact) mass is 299 g/mol. The van der Waals surface area contributed by atoms with Crippen LogP contribution in [0.25, 0.3) is 0 Å². The summed E-state index contributed by atoms with van der Waals surface area (Å²) in [5.41, 5.74) is 0.249. The SMILES string of the molecule is CSCC[C@H](NC(=O)c1c(C)c(C)n[nH]c1=O)C(=O)O. The summed E-state index contributed by atoms with van der Waals surface area (Å²) < 4.78 is 0. The summed E-state index contributed by atoms with van der Waals surface area (Å²) in [6.45, 7) is 3.26. The summed E-state index contributed by atoms with van der Waals surface area (Å²) in [6, 6.07) is -1.01. The Kier molecular flexibility index (Phi) is 5.75. The molecule has 0 aliphatic rings. The van der Waals surface area contributed by atoms with Crippen LogP contribution in [-0.4, -0.2) is 45.2 Å². The fraction of sp³-hybridized carbons (Fsp3) is 0.500. The molecular formula is C12H17N3O4S. The predicted octanol–water partition coefficient (Wildman–Crippen LogP) is 0.323. The number of amides is 1. The standard InChI is InChI=1S/C12H17N3O4S/c1-6-7(2)14-15-11(17)9(6)10(16)13-8(12(18)19)4-5-20-3/h8H,4-5H2,1-3H3,(H,13,16)(H,15,17)(H,18,19)/t8-/m0/s1. The molecule has 0 fully saturated rings. The topological polar surface area (TPSA) is 112 Å². The number of aromatic nitrogens is 2. The second-order valence-electron chi connectivity index (χ2n) is 4.28. The Balaban J connectivity index is 2.98. The lowest BCUT2D eigenvalue weighted by Gasteiger charge is -2.14. The van der Waals surface area contributed by atoms with Crippen molar-refractivity contribution in [2.24, 2.45) is 0 Å². The molecule has 0 bridgehead atoms. The van der Waals surface area contributed by atoms with E-state index in [2.05, 4.69) is 15.5 Å². The van der Waals surface area contributed by atoms with Crippen LogP contribution >= 0.6 is 11.8 Å². The third kappa shape index (κ3) is 3.83. The Morgan fingerprint density at radius 1 is 1.45 bits per heavy atom. The van der Waals surface area contributed by atoms with Crippen LogP contribution in [-0.2, 0) is 4.79 Å². The number of rotatable bonds is 6. The molecule has 0 aliphatic heterocycles. The van der Waals surface area contributed by atoms with E-state index in [1.54, 1.807) is 13.8 Å². The molecule has 110 valence electrons. The molecule has 0 spiro atoms. The van der Waals surface area contributed by atoms with Crippen molar-refractivity contribution in [2.45, 2.75) is 26.3 Å². The average molecular weight is 299 g/mol. The molecule has 1 amide bonds. The second-order valence-corrected chi connectivity index (χ2v) is 5.27. The Bertz CT molecular complexity index is 570. The summed E-state index contributed by atoms with van der Waals surface area (Å²) in [4.78, 5) is 34.8. The molecule has 8 heteroatoms. The Hall–Kier alpha value is -1.83. The maximum absolute atomic E-state index is 12.1. The molecule has 1 aromatic heterocycles. The third-order valence-electron chi connectivity index (χ3n) is 2.91. The highest BCUT2D eigenvalue weighted by Gasteiger charge is 2.23. The quantitative estimate of drug-likeness (QED) is 0.697. The van der Waals surface area contributed by atoms with E-state index in [-0.39, 0.29) is 5.56 Å². The molecule has 1 atom stereocenters. The zero-order valence-corrected chi connectivity index (χ0v) is 12.3. The number of hydrogen-bond donors (Lipinski definition) is 3. The van der Waals surface area contributed by atoms with Gasteiger partial charge in [0, 0.05) is 0 Å². The van der Waals surface area contributed by atoms with Crippen molar-refractivity contribution in [1.29, 1.82) is 0 Å². The van der Waals surface area contributed by atoms with Gasteiger partial charge >= 0.3 is 5.97 Å². The van der Waals surface area contributed by atoms with E-state index in [4.69, 9.17) is 5.11 Å². The van der Waals surface area contributed by atoms with Gasteiger partial charge in [0.25, 0.3) is 11.5 Å². The lowest BCUT2D eigenvalue weighted by molar-refractivity contribution is -0.139. The van der Waals surface area contributed by atoms with Crippen LogP contribution in [0, 0.1) is 13.8 Å². The van der Waals surface area contributed by atoms with Crippen molar-refractivity contribution >= 4 is 23.6 Å². The van der Waals surface area contributed by atoms with Gasteiger partial charge in [-0.2, -0.15) is 16.9 Å². The summed E-state index contributed by atoms with van der Waals surface area (Å²) >= 11 is 1.49. The number of H-pyrrole nitrogens is 1. The summed E-state index contributed by atoms with van der Waals surface area (Å²) in [5.74, 6) is -1.21. The van der Waals surface area contributed by atoms with Gasteiger partial charge in [-0.05, 0) is 37.8 Å². The first-order valence-electron chi connectivity index (χ1n) is 5.97. The van der Waals surface area contributed by atoms with Crippen molar-refractivity contribution in [3.8, 4) is 0 Å². The molecule has 1 heterocycles. The second kappa shape index (κ2) is 7.09. The highest BCUT2D eigenvalue weighted by Crippen LogP contribution is 2.07. The van der Waals surface area contributed by atoms with Gasteiger partial charge < -0.3 is 10.4 Å². The lowest BCUT2D eigenvalue weighted by Crippen LogP contribution is -2.43. The molecule has 0 aliphatic carbocycles. The number of aryl methyl sites for hydroxylation is 1. The van der Waals surface area contributed by atoms with Crippen molar-refractivity contribution in [3.63, 3.8) is 0 Å². The maximum atomic E-state index is 12.1. The van der Waals surface area contributed by atoms with Gasteiger partial charge in [-0.3, -0.25) is 9.59 Å². The van der Waals surface area contributed by atoms with Gasteiger partial charge in [-0.1, -0.05) is 0 Å². The molecule has 0 radical (unpaired) electrons. The largest absolute Gasteiger partial charge is 0.480 e. The van der Waals surface area contributed by atoms with Crippen LogP contribution in [0.3, 0.4) is 0 Å². The fourth-order valence-electron chi connectivity index (χ4n) is 1.62. The Morgan fingerprint density at radius 2 is 2.10 bits per heavy atom. The van der Waals surface area contributed by atoms with E-state index in [1.807, 2.05) is 6.26 Å². The molecule has 3 N–H and O–H groups in total. The predicted molar refractivity (Wildman–Crippen MR) is 76.2 cm³/mol. The number of hydrogen-bond acceptors (Lipinski definition) is 5. The third-order valence-corrected chi connectivity index (χ3v) is 3.56. The summed E-state index contributed by atoms with van der Waals surface area (Å²) in [5, 5.41) is 17.4. The number of carbonyl (C=O) groups is 2. The smallest absolute Gasteiger partial charge is 0.326 e. The van der Waals surface area contributed by atoms with E-state index in [1.165, 1.54) is 11.8 Å². The van der Waals surface area contributed by atoms with Crippen LogP contribution in [0.2, 0.25) is 0 Å². The number of aromatic amines is 1. The van der Waals surface area contributed by atoms with E-state index in [9.17, 15) is 14.4 Å². The zero-order valence-electron chi connectivity index (χ0n) is 11.5. The number of thioether (sulfide) groups is 1. The number of nitrogens with one attached hydrogen (secondary N) is 2. The Labute approximate surface area is 120 Å². The van der Waals surface area contributed by atoms with Crippen LogP contribution in [0.1, 0.15) is 28.0 Å². The van der Waals surface area contributed by atoms with Gasteiger partial charge in [0.1, 0.15) is 11.6 Å². The molecule has 0 saturated heterocycles. The van der Waals surface area contributed by atoms with Crippen LogP contribution in [0.15, 0.2) is 4.79 Å². The number of nitrogens with zero attached hydrogens (tertiary/aromatic N) is 1. The number of carboxylic acids is 1. The first-order chi connectivity index (χ1) is 9.38. The zero-order chi connectivity index (χ0) is 15.3. The first-order valence-corrected chi connectivity index (χ1v) is 7.36. The molecule has 1 aromatic rings. The summed E-state index contributed by atoms with van der Waals surface area (Å²) in [7, 11) is 0. The normalized spacial score (nSPS) is 11.9. The lowest BCUT2D eigenvalue weighted by atomic mass is 10.1. The van der Waals surface area contributed by atoms with Crippen molar-refractivity contribution in [3.05, 3.63) is 27.2 Å². The molecule has 0 unspecified atom stereocenters. The number of aliphatic carboxylic acids is 1. The van der Waals surface area contributed by atoms with Crippen LogP contribution in [0.4, 0.5) is 0 Å². The van der Waals surface area contributed by atoms with E-state index in [0.717, 1.165) is 0 Å². The van der Waals surface area contributed by atoms with E-state index in [0.29, 0.717) is 23.4 Å². The highest BCUT2D eigenvalue weighted by molar-refractivity contribution is 7.98. The van der Waals surface area contributed by atoms with E-state index < -0.39 is 23.5 Å². The summed E-state index contributed by atoms with van der Waals surface area (Å²) in [6.07, 6.45) is 2.14. The molecule has 0 saturated carbocycles. The van der Waals surface area contributed by atoms with E-state index >= 15 is 0 Å². The van der Waals surface area contributed by atoms with Crippen molar-refractivity contribution in [2.75, 3.05) is 12.0 Å². The van der Waals surface area contributed by atoms with Gasteiger partial charge in [0.15, 0.2) is 0 Å². The number of carbonyl (C=O) groups excluding carboxylic acids is 1.